The Hall–Kier alpha value is -1.57. The maximum atomic E-state index is 12.3. The van der Waals surface area contributed by atoms with E-state index in [-0.39, 0.29) is 6.04 Å². The lowest BCUT2D eigenvalue weighted by molar-refractivity contribution is -0.116. The Morgan fingerprint density at radius 2 is 2.12 bits per heavy atom. The van der Waals surface area contributed by atoms with Crippen LogP contribution in [-0.4, -0.2) is 11.8 Å². The van der Waals surface area contributed by atoms with E-state index in [1.165, 1.54) is 12.0 Å². The molecule has 2 nitrogen and oxygen atoms in total. The molecule has 0 radical (unpaired) electrons. The molecule has 3 rings (SSSR count). The number of nitrogens with one attached hydrogen (secondary N) is 1. The third-order valence-corrected chi connectivity index (χ3v) is 3.70. The molecule has 1 unspecified atom stereocenters. The summed E-state index contributed by atoms with van der Waals surface area (Å²) in [7, 11) is 0. The summed E-state index contributed by atoms with van der Waals surface area (Å²) in [5.74, 6) is 0.306. The molecule has 1 N–H and O–H groups in total. The highest BCUT2D eigenvalue weighted by atomic mass is 16.1. The van der Waals surface area contributed by atoms with Crippen molar-refractivity contribution in [2.45, 2.75) is 38.1 Å². The first-order valence-electron chi connectivity index (χ1n) is 6.42. The molecule has 0 saturated heterocycles. The van der Waals surface area contributed by atoms with Gasteiger partial charge in [-0.05, 0) is 42.9 Å². The number of anilines is 1. The molecule has 0 amide bonds. The molecule has 17 heavy (non-hydrogen) atoms. The third-order valence-electron chi connectivity index (χ3n) is 3.70. The summed E-state index contributed by atoms with van der Waals surface area (Å²) in [4.78, 5) is 12.3. The molecule has 0 saturated carbocycles. The summed E-state index contributed by atoms with van der Waals surface area (Å²) in [5, 5.41) is 3.34. The van der Waals surface area contributed by atoms with Crippen LogP contribution >= 0.6 is 0 Å². The van der Waals surface area contributed by atoms with Crippen LogP contribution in [-0.2, 0) is 11.2 Å². The number of allylic oxidation sites excluding steroid dienone is 1. The first-order chi connectivity index (χ1) is 8.34. The topological polar surface area (TPSA) is 29.1 Å². The third kappa shape index (κ3) is 1.99. The van der Waals surface area contributed by atoms with Gasteiger partial charge in [-0.15, -0.1) is 0 Å². The second-order valence-corrected chi connectivity index (χ2v) is 4.90. The Balaban J connectivity index is 1.76. The van der Waals surface area contributed by atoms with Crippen molar-refractivity contribution in [1.82, 2.24) is 0 Å². The lowest BCUT2D eigenvalue weighted by atomic mass is 9.92. The highest BCUT2D eigenvalue weighted by molar-refractivity contribution is 6.02. The largest absolute Gasteiger partial charge is 0.374 e. The molecule has 0 bridgehead atoms. The summed E-state index contributed by atoms with van der Waals surface area (Å²) in [5.41, 5.74) is 3.44. The molecule has 0 spiro atoms. The standard InChI is InChI=1S/C15H17NO/c17-15(11-6-2-1-3-7-11)14-10-12-8-4-5-9-13(12)16-14/h4-6,8-9,14,16H,1-3,7,10H2. The van der Waals surface area contributed by atoms with E-state index in [2.05, 4.69) is 23.5 Å². The molecule has 88 valence electrons. The van der Waals surface area contributed by atoms with Crippen LogP contribution in [0.25, 0.3) is 0 Å². The predicted molar refractivity (Wildman–Crippen MR) is 69.1 cm³/mol. The second kappa shape index (κ2) is 4.36. The van der Waals surface area contributed by atoms with E-state index in [9.17, 15) is 4.79 Å². The predicted octanol–water partition coefficient (Wildman–Crippen LogP) is 3.09. The zero-order valence-electron chi connectivity index (χ0n) is 9.91. The molecule has 2 heteroatoms. The zero-order valence-corrected chi connectivity index (χ0v) is 9.91. The van der Waals surface area contributed by atoms with Gasteiger partial charge < -0.3 is 5.32 Å². The fourth-order valence-electron chi connectivity index (χ4n) is 2.74. The monoisotopic (exact) mass is 227 g/mol. The molecule has 0 aromatic heterocycles. The Kier molecular flexibility index (Phi) is 2.71. The van der Waals surface area contributed by atoms with Gasteiger partial charge >= 0.3 is 0 Å². The van der Waals surface area contributed by atoms with E-state index < -0.39 is 0 Å². The summed E-state index contributed by atoms with van der Waals surface area (Å²) in [6.45, 7) is 0. The van der Waals surface area contributed by atoms with Crippen molar-refractivity contribution in [1.29, 1.82) is 0 Å². The molecular formula is C15H17NO. The normalized spacial score (nSPS) is 22.6. The van der Waals surface area contributed by atoms with Gasteiger partial charge in [0.15, 0.2) is 5.78 Å². The van der Waals surface area contributed by atoms with Gasteiger partial charge in [-0.1, -0.05) is 24.3 Å². The van der Waals surface area contributed by atoms with Crippen molar-refractivity contribution in [2.75, 3.05) is 5.32 Å². The van der Waals surface area contributed by atoms with Gasteiger partial charge in [0.2, 0.25) is 0 Å². The van der Waals surface area contributed by atoms with Crippen LogP contribution in [0.2, 0.25) is 0 Å². The average molecular weight is 227 g/mol. The van der Waals surface area contributed by atoms with Crippen molar-refractivity contribution in [2.24, 2.45) is 0 Å². The van der Waals surface area contributed by atoms with E-state index in [1.807, 2.05) is 12.1 Å². The second-order valence-electron chi connectivity index (χ2n) is 4.90. The Morgan fingerprint density at radius 1 is 1.24 bits per heavy atom. The number of carbonyl (C=O) groups is 1. The minimum Gasteiger partial charge on any atom is -0.374 e. The molecule has 1 heterocycles. The summed E-state index contributed by atoms with van der Waals surface area (Å²) in [6.07, 6.45) is 7.41. The van der Waals surface area contributed by atoms with E-state index in [0.29, 0.717) is 5.78 Å². The number of ketones is 1. The molecule has 0 fully saturated rings. The van der Waals surface area contributed by atoms with Crippen LogP contribution in [0.1, 0.15) is 31.2 Å². The Bertz CT molecular complexity index is 451. The van der Waals surface area contributed by atoms with Crippen LogP contribution in [0.4, 0.5) is 5.69 Å². The van der Waals surface area contributed by atoms with Crippen molar-refractivity contribution in [3.8, 4) is 0 Å². The maximum absolute atomic E-state index is 12.3. The summed E-state index contributed by atoms with van der Waals surface area (Å²) >= 11 is 0. The van der Waals surface area contributed by atoms with Gasteiger partial charge in [-0.3, -0.25) is 4.79 Å². The first kappa shape index (κ1) is 10.6. The van der Waals surface area contributed by atoms with Crippen LogP contribution in [0.5, 0.6) is 0 Å². The lowest BCUT2D eigenvalue weighted by Gasteiger charge is -2.16. The van der Waals surface area contributed by atoms with Crippen LogP contribution < -0.4 is 5.32 Å². The van der Waals surface area contributed by atoms with Gasteiger partial charge in [-0.2, -0.15) is 0 Å². The van der Waals surface area contributed by atoms with Gasteiger partial charge in [0.1, 0.15) is 0 Å². The fourth-order valence-corrected chi connectivity index (χ4v) is 2.74. The zero-order chi connectivity index (χ0) is 11.7. The summed E-state index contributed by atoms with van der Waals surface area (Å²) < 4.78 is 0. The Labute approximate surface area is 102 Å². The van der Waals surface area contributed by atoms with Crippen LogP contribution in [0.15, 0.2) is 35.9 Å². The Morgan fingerprint density at radius 3 is 2.88 bits per heavy atom. The number of hydrogen-bond acceptors (Lipinski definition) is 2. The molecule has 1 aliphatic heterocycles. The smallest absolute Gasteiger partial charge is 0.181 e. The first-order valence-corrected chi connectivity index (χ1v) is 6.42. The number of hydrogen-bond donors (Lipinski definition) is 1. The number of rotatable bonds is 2. The average Bonchev–Trinajstić information content (AvgIpc) is 2.82. The van der Waals surface area contributed by atoms with Crippen LogP contribution in [0, 0.1) is 0 Å². The summed E-state index contributed by atoms with van der Waals surface area (Å²) in [6, 6.07) is 8.17. The number of benzene rings is 1. The highest BCUT2D eigenvalue weighted by Gasteiger charge is 2.28. The minimum atomic E-state index is -0.0308. The van der Waals surface area contributed by atoms with E-state index in [0.717, 1.165) is 36.9 Å². The van der Waals surface area contributed by atoms with Crippen molar-refractivity contribution in [3.63, 3.8) is 0 Å². The van der Waals surface area contributed by atoms with E-state index in [4.69, 9.17) is 0 Å². The number of para-hydroxylation sites is 1. The molecule has 1 aromatic carbocycles. The number of carbonyl (C=O) groups excluding carboxylic acids is 1. The SMILES string of the molecule is O=C(C1=CCCCC1)C1Cc2ccccc2N1. The quantitative estimate of drug-likeness (QED) is 0.841. The molecular weight excluding hydrogens is 210 g/mol. The minimum absolute atomic E-state index is 0.0308. The van der Waals surface area contributed by atoms with E-state index >= 15 is 0 Å². The van der Waals surface area contributed by atoms with Gasteiger partial charge in [0.25, 0.3) is 0 Å². The highest BCUT2D eigenvalue weighted by Crippen LogP contribution is 2.28. The van der Waals surface area contributed by atoms with Crippen molar-refractivity contribution >= 4 is 11.5 Å². The number of fused-ring (bicyclic) bond motifs is 1. The van der Waals surface area contributed by atoms with Crippen LogP contribution in [0.3, 0.4) is 0 Å². The molecule has 1 aliphatic carbocycles. The van der Waals surface area contributed by atoms with E-state index in [1.54, 1.807) is 0 Å². The number of Topliss-reactive ketones (excluding diaryl/α,β-unsaturated/α-hetero) is 1. The fraction of sp³-hybridized carbons (Fsp3) is 0.400. The van der Waals surface area contributed by atoms with Gasteiger partial charge in [0, 0.05) is 12.1 Å². The maximum Gasteiger partial charge on any atom is 0.181 e. The van der Waals surface area contributed by atoms with Gasteiger partial charge in [-0.25, -0.2) is 0 Å². The van der Waals surface area contributed by atoms with Crippen molar-refractivity contribution in [3.05, 3.63) is 41.5 Å². The molecule has 2 aliphatic rings. The lowest BCUT2D eigenvalue weighted by Crippen LogP contribution is -2.28. The molecule has 1 aromatic rings. The van der Waals surface area contributed by atoms with Gasteiger partial charge in [0.05, 0.1) is 6.04 Å². The molecule has 1 atom stereocenters. The van der Waals surface area contributed by atoms with Crippen molar-refractivity contribution < 1.29 is 4.79 Å².